The lowest BCUT2D eigenvalue weighted by molar-refractivity contribution is -0.0631. The number of alkyl halides is 1. The number of rotatable bonds is 2. The van der Waals surface area contributed by atoms with E-state index in [4.69, 9.17) is 10.5 Å². The number of likely N-dealkylation sites (N-methyl/N-ethyl adjacent to an activating group) is 1. The smallest absolute Gasteiger partial charge is 0.131 e. The number of aliphatic hydroxyl groups excluding tert-OH is 1. The van der Waals surface area contributed by atoms with Crippen LogP contribution in [0.4, 0.5) is 4.39 Å². The van der Waals surface area contributed by atoms with Crippen LogP contribution in [0.5, 0.6) is 0 Å². The summed E-state index contributed by atoms with van der Waals surface area (Å²) in [5.41, 5.74) is 5.85. The number of hydrogen-bond acceptors (Lipinski definition) is 4. The minimum Gasteiger partial charge on any atom is -0.376 e. The first kappa shape index (κ1) is 11.3. The molecule has 1 aliphatic carbocycles. The molecule has 0 spiro atoms. The minimum absolute atomic E-state index is 0.0787. The zero-order chi connectivity index (χ0) is 11.0. The fourth-order valence-electron chi connectivity index (χ4n) is 2.73. The van der Waals surface area contributed by atoms with Crippen molar-refractivity contribution in [3.05, 3.63) is 0 Å². The maximum absolute atomic E-state index is 13.3. The molecular formula is C10H19FN2O2. The second-order valence-electron chi connectivity index (χ2n) is 4.60. The summed E-state index contributed by atoms with van der Waals surface area (Å²) in [6, 6.07) is -0.229. The van der Waals surface area contributed by atoms with Crippen molar-refractivity contribution in [1.82, 2.24) is 5.32 Å². The second-order valence-corrected chi connectivity index (χ2v) is 4.60. The molecule has 0 aromatic rings. The van der Waals surface area contributed by atoms with Gasteiger partial charge in [0.05, 0.1) is 12.2 Å². The molecule has 0 aromatic carbocycles. The van der Waals surface area contributed by atoms with Crippen molar-refractivity contribution in [2.75, 3.05) is 7.05 Å². The standard InChI is InChI=1S/C10H19FN2O2/c1-13-10(14)8-3-5-2-6(11)4-7(12)9(5)15-8/h5-10,13-14H,2-4,12H2,1H3. The molecule has 0 amide bonds. The molecule has 4 N–H and O–H groups in total. The monoisotopic (exact) mass is 218 g/mol. The van der Waals surface area contributed by atoms with Crippen LogP contribution in [0.15, 0.2) is 0 Å². The van der Waals surface area contributed by atoms with Gasteiger partial charge in [-0.2, -0.15) is 0 Å². The van der Waals surface area contributed by atoms with E-state index in [0.29, 0.717) is 19.3 Å². The Hall–Kier alpha value is -0.230. The number of hydrogen-bond donors (Lipinski definition) is 3. The molecule has 0 aromatic heterocycles. The molecule has 2 rings (SSSR count). The number of nitrogens with one attached hydrogen (secondary N) is 1. The Morgan fingerprint density at radius 2 is 2.20 bits per heavy atom. The van der Waals surface area contributed by atoms with Crippen LogP contribution < -0.4 is 11.1 Å². The molecule has 1 saturated heterocycles. The molecule has 0 bridgehead atoms. The van der Waals surface area contributed by atoms with E-state index in [9.17, 15) is 9.50 Å². The lowest BCUT2D eigenvalue weighted by Crippen LogP contribution is -2.46. The van der Waals surface area contributed by atoms with Crippen molar-refractivity contribution in [3.8, 4) is 0 Å². The first-order chi connectivity index (χ1) is 7.11. The Labute approximate surface area is 89.0 Å². The molecule has 6 unspecified atom stereocenters. The Morgan fingerprint density at radius 1 is 1.47 bits per heavy atom. The minimum atomic E-state index is -0.810. The molecule has 1 saturated carbocycles. The van der Waals surface area contributed by atoms with E-state index in [1.807, 2.05) is 0 Å². The second kappa shape index (κ2) is 4.33. The Kier molecular flexibility index (Phi) is 3.25. The van der Waals surface area contributed by atoms with Crippen molar-refractivity contribution >= 4 is 0 Å². The maximum atomic E-state index is 13.3. The molecule has 15 heavy (non-hydrogen) atoms. The highest BCUT2D eigenvalue weighted by atomic mass is 19.1. The number of nitrogens with two attached hydrogens (primary N) is 1. The van der Waals surface area contributed by atoms with Crippen LogP contribution in [0, 0.1) is 5.92 Å². The lowest BCUT2D eigenvalue weighted by Gasteiger charge is -2.32. The Bertz CT molecular complexity index is 229. The van der Waals surface area contributed by atoms with Crippen LogP contribution in [-0.4, -0.2) is 42.8 Å². The van der Waals surface area contributed by atoms with E-state index in [-0.39, 0.29) is 24.2 Å². The third kappa shape index (κ3) is 2.15. The molecule has 1 heterocycles. The number of aliphatic hydroxyl groups is 1. The molecule has 2 aliphatic rings. The van der Waals surface area contributed by atoms with Crippen molar-refractivity contribution < 1.29 is 14.2 Å². The van der Waals surface area contributed by atoms with Gasteiger partial charge in [-0.05, 0) is 32.2 Å². The van der Waals surface area contributed by atoms with Crippen molar-refractivity contribution in [2.24, 2.45) is 11.7 Å². The molecule has 2 fully saturated rings. The Balaban J connectivity index is 1.99. The van der Waals surface area contributed by atoms with E-state index in [1.54, 1.807) is 7.05 Å². The number of fused-ring (bicyclic) bond motifs is 1. The van der Waals surface area contributed by atoms with Crippen molar-refractivity contribution in [2.45, 2.75) is 49.9 Å². The molecular weight excluding hydrogens is 199 g/mol. The fraction of sp³-hybridized carbons (Fsp3) is 1.00. The van der Waals surface area contributed by atoms with E-state index in [0.717, 1.165) is 0 Å². The van der Waals surface area contributed by atoms with Gasteiger partial charge >= 0.3 is 0 Å². The van der Waals surface area contributed by atoms with E-state index in [2.05, 4.69) is 5.32 Å². The average molecular weight is 218 g/mol. The summed E-state index contributed by atoms with van der Waals surface area (Å²) >= 11 is 0. The number of ether oxygens (including phenoxy) is 1. The molecule has 1 aliphatic heterocycles. The maximum Gasteiger partial charge on any atom is 0.131 e. The van der Waals surface area contributed by atoms with Gasteiger partial charge < -0.3 is 15.6 Å². The SMILES string of the molecule is CNC(O)C1CC2CC(F)CC(N)C2O1. The van der Waals surface area contributed by atoms with Gasteiger partial charge in [-0.25, -0.2) is 4.39 Å². The van der Waals surface area contributed by atoms with Crippen LogP contribution in [-0.2, 0) is 4.74 Å². The van der Waals surface area contributed by atoms with Crippen LogP contribution in [0.1, 0.15) is 19.3 Å². The Morgan fingerprint density at radius 3 is 2.87 bits per heavy atom. The van der Waals surface area contributed by atoms with Gasteiger partial charge in [-0.3, -0.25) is 5.32 Å². The summed E-state index contributed by atoms with van der Waals surface area (Å²) in [6.07, 6.45) is -0.224. The van der Waals surface area contributed by atoms with Gasteiger partial charge in [0.25, 0.3) is 0 Å². The largest absolute Gasteiger partial charge is 0.376 e. The summed E-state index contributed by atoms with van der Waals surface area (Å²) in [7, 11) is 1.67. The summed E-state index contributed by atoms with van der Waals surface area (Å²) in [5, 5.41) is 12.3. The van der Waals surface area contributed by atoms with E-state index < -0.39 is 12.4 Å². The van der Waals surface area contributed by atoms with Crippen LogP contribution >= 0.6 is 0 Å². The van der Waals surface area contributed by atoms with Crippen molar-refractivity contribution in [1.29, 1.82) is 0 Å². The van der Waals surface area contributed by atoms with Gasteiger partial charge in [-0.15, -0.1) is 0 Å². The molecule has 0 radical (unpaired) electrons. The van der Waals surface area contributed by atoms with Gasteiger partial charge in [0, 0.05) is 6.04 Å². The highest BCUT2D eigenvalue weighted by Gasteiger charge is 2.45. The van der Waals surface area contributed by atoms with Crippen LogP contribution in [0.3, 0.4) is 0 Å². The zero-order valence-electron chi connectivity index (χ0n) is 8.90. The lowest BCUT2D eigenvalue weighted by atomic mass is 9.81. The van der Waals surface area contributed by atoms with Gasteiger partial charge in [0.15, 0.2) is 0 Å². The zero-order valence-corrected chi connectivity index (χ0v) is 8.90. The topological polar surface area (TPSA) is 67.5 Å². The van der Waals surface area contributed by atoms with E-state index in [1.165, 1.54) is 0 Å². The fourth-order valence-corrected chi connectivity index (χ4v) is 2.73. The third-order valence-electron chi connectivity index (χ3n) is 3.49. The summed E-state index contributed by atoms with van der Waals surface area (Å²) in [6.45, 7) is 0. The first-order valence-corrected chi connectivity index (χ1v) is 5.52. The molecule has 88 valence electrons. The molecule has 6 atom stereocenters. The predicted molar refractivity (Wildman–Crippen MR) is 53.9 cm³/mol. The predicted octanol–water partition coefficient (Wildman–Crippen LogP) is -0.243. The first-order valence-electron chi connectivity index (χ1n) is 5.52. The highest BCUT2D eigenvalue weighted by molar-refractivity contribution is 4.96. The van der Waals surface area contributed by atoms with Gasteiger partial charge in [0.1, 0.15) is 12.4 Å². The van der Waals surface area contributed by atoms with Crippen LogP contribution in [0.25, 0.3) is 0 Å². The quantitative estimate of drug-likeness (QED) is 0.559. The summed E-state index contributed by atoms with van der Waals surface area (Å²) in [4.78, 5) is 0. The normalized spacial score (nSPS) is 47.6. The summed E-state index contributed by atoms with van der Waals surface area (Å²) < 4.78 is 18.9. The van der Waals surface area contributed by atoms with Crippen LogP contribution in [0.2, 0.25) is 0 Å². The molecule has 4 nitrogen and oxygen atoms in total. The third-order valence-corrected chi connectivity index (χ3v) is 3.49. The highest BCUT2D eigenvalue weighted by Crippen LogP contribution is 2.38. The summed E-state index contributed by atoms with van der Waals surface area (Å²) in [5.74, 6) is 0.164. The average Bonchev–Trinajstić information content (AvgIpc) is 2.60. The van der Waals surface area contributed by atoms with Crippen molar-refractivity contribution in [3.63, 3.8) is 0 Å². The van der Waals surface area contributed by atoms with Gasteiger partial charge in [0.2, 0.25) is 0 Å². The van der Waals surface area contributed by atoms with Gasteiger partial charge in [-0.1, -0.05) is 0 Å². The molecule has 5 heteroatoms. The van der Waals surface area contributed by atoms with E-state index >= 15 is 0 Å². The number of halogens is 1.